The first kappa shape index (κ1) is 9.13. The molecule has 0 amide bonds. The van der Waals surface area contributed by atoms with E-state index in [0.717, 1.165) is 3.77 Å². The summed E-state index contributed by atoms with van der Waals surface area (Å²) in [5, 5.41) is 0. The van der Waals surface area contributed by atoms with Crippen molar-refractivity contribution in [3.05, 3.63) is 15.9 Å². The van der Waals surface area contributed by atoms with Crippen LogP contribution >= 0.6 is 30.6 Å². The zero-order valence-electron chi connectivity index (χ0n) is 5.96. The van der Waals surface area contributed by atoms with Crippen LogP contribution in [0.1, 0.15) is 6.92 Å². The molecule has 0 radical (unpaired) electrons. The van der Waals surface area contributed by atoms with Gasteiger partial charge in [-0.1, -0.05) is 6.92 Å². The summed E-state index contributed by atoms with van der Waals surface area (Å²) in [6, 6.07) is 3.43. The van der Waals surface area contributed by atoms with Crippen LogP contribution in [0.4, 0.5) is 0 Å². The molecule has 62 valence electrons. The maximum atomic E-state index is 10.9. The molecular weight excluding hydrogens is 278 g/mol. The van der Waals surface area contributed by atoms with Gasteiger partial charge in [-0.15, -0.1) is 0 Å². The van der Waals surface area contributed by atoms with Crippen molar-refractivity contribution in [2.24, 2.45) is 0 Å². The molecule has 5 heteroatoms. The molecule has 0 bridgehead atoms. The van der Waals surface area contributed by atoms with E-state index in [2.05, 4.69) is 0 Å². The fourth-order valence-corrected chi connectivity index (χ4v) is 1.41. The molecule has 0 aliphatic rings. The lowest BCUT2D eigenvalue weighted by Crippen LogP contribution is -1.78. The van der Waals surface area contributed by atoms with Crippen LogP contribution in [0.25, 0.3) is 0 Å². The largest absolute Gasteiger partial charge is 0.419 e. The van der Waals surface area contributed by atoms with Gasteiger partial charge in [0.05, 0.1) is 0 Å². The lowest BCUT2D eigenvalue weighted by Gasteiger charge is -1.97. The maximum Gasteiger partial charge on any atom is 0.290 e. The Bertz CT molecular complexity index is 258. The third-order valence-electron chi connectivity index (χ3n) is 1.05. The van der Waals surface area contributed by atoms with Gasteiger partial charge >= 0.3 is 0 Å². The smallest absolute Gasteiger partial charge is 0.290 e. The van der Waals surface area contributed by atoms with Crippen LogP contribution < -0.4 is 4.52 Å². The molecule has 1 aromatic rings. The molecular formula is C6H8IO3P. The highest BCUT2D eigenvalue weighted by molar-refractivity contribution is 14.1. The summed E-state index contributed by atoms with van der Waals surface area (Å²) in [6.45, 7) is 1.81. The van der Waals surface area contributed by atoms with E-state index in [1.165, 1.54) is 0 Å². The van der Waals surface area contributed by atoms with Crippen LogP contribution in [0.2, 0.25) is 0 Å². The third-order valence-corrected chi connectivity index (χ3v) is 2.64. The lowest BCUT2D eigenvalue weighted by atomic mass is 10.7. The van der Waals surface area contributed by atoms with E-state index in [1.807, 2.05) is 29.5 Å². The Hall–Kier alpha value is 0.0400. The van der Waals surface area contributed by atoms with Crippen molar-refractivity contribution in [3.63, 3.8) is 0 Å². The third kappa shape index (κ3) is 2.87. The highest BCUT2D eigenvalue weighted by Gasteiger charge is 2.02. The Morgan fingerprint density at radius 2 is 2.45 bits per heavy atom. The zero-order chi connectivity index (χ0) is 8.27. The number of hydrogen-bond acceptors (Lipinski definition) is 3. The summed E-state index contributed by atoms with van der Waals surface area (Å²) in [7, 11) is -1.92. The van der Waals surface area contributed by atoms with E-state index in [-0.39, 0.29) is 0 Å². The van der Waals surface area contributed by atoms with Gasteiger partial charge in [0, 0.05) is 12.2 Å². The van der Waals surface area contributed by atoms with Crippen LogP contribution in [0.5, 0.6) is 5.95 Å². The van der Waals surface area contributed by atoms with E-state index >= 15 is 0 Å². The number of hydrogen-bond donors (Lipinski definition) is 0. The first-order chi connectivity index (χ1) is 5.22. The average Bonchev–Trinajstić information content (AvgIpc) is 2.35. The maximum absolute atomic E-state index is 10.9. The second-order valence-corrected chi connectivity index (χ2v) is 4.60. The monoisotopic (exact) mass is 286 g/mol. The molecule has 1 aromatic heterocycles. The Morgan fingerprint density at radius 1 is 1.73 bits per heavy atom. The molecule has 11 heavy (non-hydrogen) atoms. The molecule has 1 unspecified atom stereocenters. The molecule has 0 aromatic carbocycles. The summed E-state index contributed by atoms with van der Waals surface area (Å²) in [5.74, 6) is 0.347. The predicted molar refractivity (Wildman–Crippen MR) is 51.6 cm³/mol. The van der Waals surface area contributed by atoms with Crippen molar-refractivity contribution in [2.45, 2.75) is 6.92 Å². The van der Waals surface area contributed by atoms with Gasteiger partial charge < -0.3 is 8.94 Å². The average molecular weight is 286 g/mol. The quantitative estimate of drug-likeness (QED) is 0.633. The summed E-state index contributed by atoms with van der Waals surface area (Å²) in [6.07, 6.45) is 0.544. The number of halogens is 1. The van der Waals surface area contributed by atoms with Gasteiger partial charge in [-0.05, 0) is 28.7 Å². The van der Waals surface area contributed by atoms with E-state index in [9.17, 15) is 4.57 Å². The molecule has 0 spiro atoms. The summed E-state index contributed by atoms with van der Waals surface area (Å²) < 4.78 is 21.6. The van der Waals surface area contributed by atoms with Crippen LogP contribution in [0.15, 0.2) is 16.5 Å². The second-order valence-electron chi connectivity index (χ2n) is 1.89. The Morgan fingerprint density at radius 3 is 2.91 bits per heavy atom. The first-order valence-electron chi connectivity index (χ1n) is 3.18. The van der Waals surface area contributed by atoms with Gasteiger partial charge in [-0.2, -0.15) is 0 Å². The molecule has 1 rings (SSSR count). The SMILES string of the molecule is CC[PH](=O)Oc1ccc(I)o1. The highest BCUT2D eigenvalue weighted by Crippen LogP contribution is 2.28. The topological polar surface area (TPSA) is 39.4 Å². The minimum Gasteiger partial charge on any atom is -0.419 e. The molecule has 0 saturated heterocycles. The normalized spacial score (nSPS) is 12.9. The van der Waals surface area contributed by atoms with E-state index in [4.69, 9.17) is 8.94 Å². The van der Waals surface area contributed by atoms with Crippen molar-refractivity contribution in [1.29, 1.82) is 0 Å². The van der Waals surface area contributed by atoms with Gasteiger partial charge in [0.2, 0.25) is 8.03 Å². The minimum atomic E-state index is -1.92. The number of rotatable bonds is 3. The van der Waals surface area contributed by atoms with E-state index in [0.29, 0.717) is 12.1 Å². The van der Waals surface area contributed by atoms with E-state index < -0.39 is 8.03 Å². The molecule has 0 aliphatic carbocycles. The van der Waals surface area contributed by atoms with Crippen molar-refractivity contribution in [2.75, 3.05) is 6.16 Å². The fourth-order valence-electron chi connectivity index (χ4n) is 0.537. The summed E-state index contributed by atoms with van der Waals surface area (Å²) in [4.78, 5) is 0. The van der Waals surface area contributed by atoms with Crippen molar-refractivity contribution in [1.82, 2.24) is 0 Å². The van der Waals surface area contributed by atoms with Gasteiger partial charge in [0.15, 0.2) is 3.77 Å². The summed E-state index contributed by atoms with van der Waals surface area (Å²) in [5.41, 5.74) is 0. The Balaban J connectivity index is 2.57. The highest BCUT2D eigenvalue weighted by atomic mass is 127. The fraction of sp³-hybridized carbons (Fsp3) is 0.333. The van der Waals surface area contributed by atoms with Crippen molar-refractivity contribution < 1.29 is 13.5 Å². The first-order valence-corrected chi connectivity index (χ1v) is 5.78. The Kier molecular flexibility index (Phi) is 3.45. The van der Waals surface area contributed by atoms with Gasteiger partial charge in [-0.25, -0.2) is 0 Å². The van der Waals surface area contributed by atoms with Crippen LogP contribution in [-0.4, -0.2) is 6.16 Å². The minimum absolute atomic E-state index is 0.347. The van der Waals surface area contributed by atoms with E-state index in [1.54, 1.807) is 12.1 Å². The zero-order valence-corrected chi connectivity index (χ0v) is 9.12. The van der Waals surface area contributed by atoms with Gasteiger partial charge in [-0.3, -0.25) is 4.57 Å². The Labute approximate surface area is 79.1 Å². The standard InChI is InChI=1S/C6H8IO3P/c1-2-11(8)10-6-4-3-5(7)9-6/h3-4,11H,2H2,1H3. The molecule has 0 fully saturated rings. The molecule has 0 N–H and O–H groups in total. The summed E-state index contributed by atoms with van der Waals surface area (Å²) >= 11 is 2.02. The molecule has 3 nitrogen and oxygen atoms in total. The molecule has 1 heterocycles. The lowest BCUT2D eigenvalue weighted by molar-refractivity contribution is 0.381. The van der Waals surface area contributed by atoms with Crippen molar-refractivity contribution in [3.8, 4) is 5.95 Å². The number of furan rings is 1. The van der Waals surface area contributed by atoms with Crippen LogP contribution in [0.3, 0.4) is 0 Å². The van der Waals surface area contributed by atoms with Crippen LogP contribution in [0, 0.1) is 3.77 Å². The van der Waals surface area contributed by atoms with Crippen LogP contribution in [-0.2, 0) is 4.57 Å². The predicted octanol–water partition coefficient (Wildman–Crippen LogP) is 2.76. The molecule has 1 atom stereocenters. The molecule has 0 aliphatic heterocycles. The molecule has 0 saturated carbocycles. The second kappa shape index (κ2) is 4.16. The van der Waals surface area contributed by atoms with Gasteiger partial charge in [0.1, 0.15) is 0 Å². The van der Waals surface area contributed by atoms with Gasteiger partial charge in [0.25, 0.3) is 5.95 Å². The van der Waals surface area contributed by atoms with Crippen molar-refractivity contribution >= 4 is 30.6 Å².